The van der Waals surface area contributed by atoms with E-state index in [2.05, 4.69) is 4.98 Å². The number of benzene rings is 1. The Morgan fingerprint density at radius 2 is 1.50 bits per heavy atom. The third-order valence-electron chi connectivity index (χ3n) is 1.80. The minimum Gasteiger partial charge on any atom is -0.282 e. The third kappa shape index (κ3) is 7.32. The summed E-state index contributed by atoms with van der Waals surface area (Å²) in [6, 6.07) is 14.6. The molecule has 0 saturated heterocycles. The molecule has 1 aromatic carbocycles. The van der Waals surface area contributed by atoms with E-state index in [-0.39, 0.29) is 0 Å². The lowest BCUT2D eigenvalue weighted by Crippen LogP contribution is -1.88. The summed E-state index contributed by atoms with van der Waals surface area (Å²) in [5.74, 6) is 0. The maximum atomic E-state index is 10.3. The van der Waals surface area contributed by atoms with E-state index in [4.69, 9.17) is 4.55 Å². The van der Waals surface area contributed by atoms with Crippen LogP contribution in [0.1, 0.15) is 5.56 Å². The van der Waals surface area contributed by atoms with Crippen molar-refractivity contribution in [3.8, 4) is 0 Å². The summed E-state index contributed by atoms with van der Waals surface area (Å²) in [6.45, 7) is 0. The van der Waals surface area contributed by atoms with E-state index in [0.717, 1.165) is 11.0 Å². The predicted molar refractivity (Wildman–Crippen MR) is 71.3 cm³/mol. The van der Waals surface area contributed by atoms with Crippen molar-refractivity contribution in [2.45, 2.75) is 0 Å². The second kappa shape index (κ2) is 7.37. The normalized spacial score (nSPS) is 10.7. The van der Waals surface area contributed by atoms with Crippen molar-refractivity contribution in [1.29, 1.82) is 0 Å². The van der Waals surface area contributed by atoms with Crippen molar-refractivity contribution in [3.05, 3.63) is 71.9 Å². The molecule has 1 N–H and O–H groups in total. The van der Waals surface area contributed by atoms with Gasteiger partial charge in [-0.3, -0.25) is 9.54 Å². The van der Waals surface area contributed by atoms with Crippen LogP contribution < -0.4 is 0 Å². The zero-order valence-electron chi connectivity index (χ0n) is 9.55. The summed E-state index contributed by atoms with van der Waals surface area (Å²) in [5.41, 5.74) is 0.732. The fourth-order valence-electron chi connectivity index (χ4n) is 1.04. The molecule has 0 fully saturated rings. The number of hydrogen-bond donors (Lipinski definition) is 1. The number of nitrogens with zero attached hydrogens (tertiary/aromatic N) is 1. The molecular weight excluding hydrogens is 250 g/mol. The zero-order chi connectivity index (χ0) is 13.3. The summed E-state index contributed by atoms with van der Waals surface area (Å²) in [4.78, 5) is 3.78. The Morgan fingerprint density at radius 3 is 1.89 bits per heavy atom. The smallest absolute Gasteiger partial charge is 0.282 e. The van der Waals surface area contributed by atoms with Gasteiger partial charge in [0.25, 0.3) is 10.1 Å². The molecule has 18 heavy (non-hydrogen) atoms. The number of pyridine rings is 1. The largest absolute Gasteiger partial charge is 0.287 e. The Morgan fingerprint density at radius 1 is 0.944 bits per heavy atom. The highest BCUT2D eigenvalue weighted by Gasteiger charge is 1.94. The van der Waals surface area contributed by atoms with E-state index in [9.17, 15) is 8.42 Å². The SMILES string of the molecule is O=S(=O)(O)C=Cc1ccccc1.c1ccncc1. The third-order valence-corrected chi connectivity index (χ3v) is 2.28. The van der Waals surface area contributed by atoms with Gasteiger partial charge in [-0.1, -0.05) is 36.4 Å². The Balaban J connectivity index is 0.000000225. The summed E-state index contributed by atoms with van der Waals surface area (Å²) < 4.78 is 28.9. The number of aromatic nitrogens is 1. The van der Waals surface area contributed by atoms with Crippen molar-refractivity contribution >= 4 is 16.2 Å². The number of rotatable bonds is 2. The van der Waals surface area contributed by atoms with Gasteiger partial charge in [0.1, 0.15) is 0 Å². The first-order valence-corrected chi connectivity index (χ1v) is 6.64. The molecule has 0 radical (unpaired) electrons. The first-order valence-electron chi connectivity index (χ1n) is 5.13. The van der Waals surface area contributed by atoms with Gasteiger partial charge in [-0.25, -0.2) is 0 Å². The molecule has 0 aliphatic heterocycles. The van der Waals surface area contributed by atoms with E-state index < -0.39 is 10.1 Å². The minimum absolute atomic E-state index is 0.732. The van der Waals surface area contributed by atoms with Crippen molar-refractivity contribution in [2.75, 3.05) is 0 Å². The highest BCUT2D eigenvalue weighted by Crippen LogP contribution is 2.01. The van der Waals surface area contributed by atoms with Crippen LogP contribution >= 0.6 is 0 Å². The molecule has 0 aliphatic carbocycles. The molecule has 0 amide bonds. The fraction of sp³-hybridized carbons (Fsp3) is 0. The van der Waals surface area contributed by atoms with E-state index >= 15 is 0 Å². The molecule has 0 saturated carbocycles. The van der Waals surface area contributed by atoms with Gasteiger partial charge in [0.15, 0.2) is 0 Å². The Labute approximate surface area is 106 Å². The molecule has 5 heteroatoms. The molecule has 0 aliphatic rings. The molecule has 0 spiro atoms. The molecular formula is C13H13NO3S. The standard InChI is InChI=1S/C8H8O3S.C5H5N/c9-12(10,11)7-6-8-4-2-1-3-5-8;1-2-4-6-5-3-1/h1-7H,(H,9,10,11);1-5H. The first-order chi connectivity index (χ1) is 8.58. The van der Waals surface area contributed by atoms with Gasteiger partial charge in [-0.05, 0) is 23.8 Å². The highest BCUT2D eigenvalue weighted by molar-refractivity contribution is 7.88. The van der Waals surface area contributed by atoms with E-state index in [1.165, 1.54) is 6.08 Å². The van der Waals surface area contributed by atoms with E-state index in [1.54, 1.807) is 36.7 Å². The Hall–Kier alpha value is -1.98. The van der Waals surface area contributed by atoms with Crippen LogP contribution in [-0.4, -0.2) is 18.0 Å². The van der Waals surface area contributed by atoms with Gasteiger partial charge in [-0.2, -0.15) is 8.42 Å². The van der Waals surface area contributed by atoms with Gasteiger partial charge >= 0.3 is 0 Å². The quantitative estimate of drug-likeness (QED) is 0.846. The lowest BCUT2D eigenvalue weighted by atomic mass is 10.2. The lowest BCUT2D eigenvalue weighted by Gasteiger charge is -1.89. The van der Waals surface area contributed by atoms with Crippen molar-refractivity contribution in [2.24, 2.45) is 0 Å². The molecule has 4 nitrogen and oxygen atoms in total. The van der Waals surface area contributed by atoms with Crippen LogP contribution in [0.15, 0.2) is 66.3 Å². The van der Waals surface area contributed by atoms with Crippen LogP contribution in [0.2, 0.25) is 0 Å². The van der Waals surface area contributed by atoms with E-state index in [1.807, 2.05) is 24.3 Å². The Bertz CT molecular complexity index is 539. The van der Waals surface area contributed by atoms with Gasteiger partial charge in [0, 0.05) is 12.4 Å². The van der Waals surface area contributed by atoms with Gasteiger partial charge < -0.3 is 0 Å². The molecule has 1 heterocycles. The topological polar surface area (TPSA) is 67.3 Å². The summed E-state index contributed by atoms with van der Waals surface area (Å²) in [6.07, 6.45) is 4.83. The van der Waals surface area contributed by atoms with Crippen LogP contribution in [0.3, 0.4) is 0 Å². The average Bonchev–Trinajstić information content (AvgIpc) is 2.40. The Kier molecular flexibility index (Phi) is 5.76. The molecule has 1 aromatic heterocycles. The van der Waals surface area contributed by atoms with Crippen molar-refractivity contribution in [3.63, 3.8) is 0 Å². The van der Waals surface area contributed by atoms with Gasteiger partial charge in [0.2, 0.25) is 0 Å². The maximum absolute atomic E-state index is 10.3. The van der Waals surface area contributed by atoms with Gasteiger partial charge in [0.05, 0.1) is 5.41 Å². The summed E-state index contributed by atoms with van der Waals surface area (Å²) in [5, 5.41) is 0.752. The molecule has 0 atom stereocenters. The van der Waals surface area contributed by atoms with Crippen molar-refractivity contribution in [1.82, 2.24) is 4.98 Å². The average molecular weight is 263 g/mol. The molecule has 2 aromatic rings. The van der Waals surface area contributed by atoms with Crippen molar-refractivity contribution < 1.29 is 13.0 Å². The molecule has 0 bridgehead atoms. The van der Waals surface area contributed by atoms with Crippen LogP contribution in [0.25, 0.3) is 6.08 Å². The van der Waals surface area contributed by atoms with Crippen LogP contribution in [0, 0.1) is 0 Å². The number of hydrogen-bond acceptors (Lipinski definition) is 3. The highest BCUT2D eigenvalue weighted by atomic mass is 32.2. The first kappa shape index (κ1) is 14.1. The predicted octanol–water partition coefficient (Wildman–Crippen LogP) is 2.63. The van der Waals surface area contributed by atoms with E-state index in [0.29, 0.717) is 0 Å². The molecule has 94 valence electrons. The van der Waals surface area contributed by atoms with Gasteiger partial charge in [-0.15, -0.1) is 0 Å². The molecule has 0 unspecified atom stereocenters. The summed E-state index contributed by atoms with van der Waals surface area (Å²) in [7, 11) is -4.00. The van der Waals surface area contributed by atoms with Crippen LogP contribution in [-0.2, 0) is 10.1 Å². The minimum atomic E-state index is -4.00. The summed E-state index contributed by atoms with van der Waals surface area (Å²) >= 11 is 0. The zero-order valence-corrected chi connectivity index (χ0v) is 10.4. The maximum Gasteiger partial charge on any atom is 0.287 e. The van der Waals surface area contributed by atoms with Crippen LogP contribution in [0.5, 0.6) is 0 Å². The lowest BCUT2D eigenvalue weighted by molar-refractivity contribution is 0.494. The van der Waals surface area contributed by atoms with Crippen LogP contribution in [0.4, 0.5) is 0 Å². The second-order valence-electron chi connectivity index (χ2n) is 3.25. The monoisotopic (exact) mass is 263 g/mol. The fourth-order valence-corrected chi connectivity index (χ4v) is 1.37. The molecule has 2 rings (SSSR count). The second-order valence-corrected chi connectivity index (χ2v) is 4.56.